The zero-order chi connectivity index (χ0) is 23.4. The largest absolute Gasteiger partial charge is 0.370 e. The summed E-state index contributed by atoms with van der Waals surface area (Å²) in [6.07, 6.45) is 0.668. The number of hydrogen-bond donors (Lipinski definition) is 1. The van der Waals surface area contributed by atoms with Crippen LogP contribution in [-0.2, 0) is 22.5 Å². The second kappa shape index (κ2) is 10.4. The van der Waals surface area contributed by atoms with Crippen LogP contribution in [0.2, 0.25) is 0 Å². The maximum Gasteiger partial charge on any atom is 0.237 e. The standard InChI is InChI=1S/C25H28F2N4O2/c1-17(25(32)29-12-20-4-2-19(11-28)3-5-20)31-15-21-13-30(14-22(16-31)33-21)9-8-18-6-7-23(26)24(27)10-18/h2-7,10,17,21-22H,8-9,12-16H2,1H3,(H,29,32). The average Bonchev–Trinajstić information content (AvgIpc) is 2.82. The van der Waals surface area contributed by atoms with Crippen LogP contribution in [0.15, 0.2) is 42.5 Å². The summed E-state index contributed by atoms with van der Waals surface area (Å²) in [5, 5.41) is 11.9. The second-order valence-corrected chi connectivity index (χ2v) is 8.79. The zero-order valence-electron chi connectivity index (χ0n) is 18.6. The number of rotatable bonds is 7. The second-order valence-electron chi connectivity index (χ2n) is 8.79. The first-order valence-corrected chi connectivity index (χ1v) is 11.2. The number of carbonyl (C=O) groups is 1. The summed E-state index contributed by atoms with van der Waals surface area (Å²) in [5.41, 5.74) is 2.32. The van der Waals surface area contributed by atoms with Crippen molar-refractivity contribution in [3.8, 4) is 6.07 Å². The van der Waals surface area contributed by atoms with Crippen molar-refractivity contribution in [3.05, 3.63) is 70.8 Å². The Kier molecular flexibility index (Phi) is 7.33. The number of ether oxygens (including phenoxy) is 1. The lowest BCUT2D eigenvalue weighted by Crippen LogP contribution is -2.62. The van der Waals surface area contributed by atoms with Gasteiger partial charge in [-0.1, -0.05) is 18.2 Å². The summed E-state index contributed by atoms with van der Waals surface area (Å²) >= 11 is 0. The van der Waals surface area contributed by atoms with Gasteiger partial charge in [0, 0.05) is 39.3 Å². The third-order valence-corrected chi connectivity index (χ3v) is 6.36. The number of hydrogen-bond acceptors (Lipinski definition) is 5. The quantitative estimate of drug-likeness (QED) is 0.696. The first-order chi connectivity index (χ1) is 15.9. The lowest BCUT2D eigenvalue weighted by molar-refractivity contribution is -0.152. The fraction of sp³-hybridized carbons (Fsp3) is 0.440. The molecule has 2 heterocycles. The van der Waals surface area contributed by atoms with E-state index in [0.717, 1.165) is 30.8 Å². The number of carbonyl (C=O) groups excluding carboxylic acids is 1. The minimum absolute atomic E-state index is 0.0104. The third-order valence-electron chi connectivity index (χ3n) is 6.36. The Balaban J connectivity index is 1.25. The fourth-order valence-electron chi connectivity index (χ4n) is 4.49. The molecule has 0 aliphatic carbocycles. The number of nitrogens with one attached hydrogen (secondary N) is 1. The van der Waals surface area contributed by atoms with Gasteiger partial charge in [-0.25, -0.2) is 8.78 Å². The Bertz CT molecular complexity index is 1010. The van der Waals surface area contributed by atoms with E-state index in [2.05, 4.69) is 21.2 Å². The molecule has 3 atom stereocenters. The highest BCUT2D eigenvalue weighted by Crippen LogP contribution is 2.21. The van der Waals surface area contributed by atoms with Gasteiger partial charge in [0.05, 0.1) is 29.9 Å². The number of fused-ring (bicyclic) bond motifs is 2. The monoisotopic (exact) mass is 454 g/mol. The van der Waals surface area contributed by atoms with Crippen LogP contribution in [0.25, 0.3) is 0 Å². The van der Waals surface area contributed by atoms with Gasteiger partial charge in [0.1, 0.15) is 0 Å². The van der Waals surface area contributed by atoms with E-state index >= 15 is 0 Å². The van der Waals surface area contributed by atoms with Crippen molar-refractivity contribution in [2.75, 3.05) is 32.7 Å². The van der Waals surface area contributed by atoms with E-state index in [4.69, 9.17) is 10.00 Å². The van der Waals surface area contributed by atoms with Crippen LogP contribution in [-0.4, -0.2) is 66.7 Å². The number of nitrogens with zero attached hydrogens (tertiary/aromatic N) is 3. The molecule has 6 nitrogen and oxygen atoms in total. The molecule has 2 aromatic rings. The summed E-state index contributed by atoms with van der Waals surface area (Å²) in [6.45, 7) is 5.92. The molecule has 1 N–H and O–H groups in total. The third kappa shape index (κ3) is 5.93. The predicted molar refractivity (Wildman–Crippen MR) is 119 cm³/mol. The fourth-order valence-corrected chi connectivity index (χ4v) is 4.49. The van der Waals surface area contributed by atoms with Crippen molar-refractivity contribution in [1.29, 1.82) is 5.26 Å². The highest BCUT2D eigenvalue weighted by molar-refractivity contribution is 5.81. The molecule has 1 amide bonds. The molecule has 33 heavy (non-hydrogen) atoms. The van der Waals surface area contributed by atoms with Crippen molar-refractivity contribution < 1.29 is 18.3 Å². The number of morpholine rings is 2. The van der Waals surface area contributed by atoms with Crippen LogP contribution in [0, 0.1) is 23.0 Å². The van der Waals surface area contributed by atoms with Crippen molar-refractivity contribution in [1.82, 2.24) is 15.1 Å². The molecule has 2 aromatic carbocycles. The topological polar surface area (TPSA) is 68.6 Å². The van der Waals surface area contributed by atoms with Gasteiger partial charge in [0.25, 0.3) is 0 Å². The van der Waals surface area contributed by atoms with Crippen LogP contribution < -0.4 is 5.32 Å². The van der Waals surface area contributed by atoms with Gasteiger partial charge in [0.2, 0.25) is 5.91 Å². The van der Waals surface area contributed by atoms with Gasteiger partial charge < -0.3 is 10.1 Å². The highest BCUT2D eigenvalue weighted by Gasteiger charge is 2.37. The molecule has 3 unspecified atom stereocenters. The van der Waals surface area contributed by atoms with Crippen LogP contribution >= 0.6 is 0 Å². The van der Waals surface area contributed by atoms with E-state index in [-0.39, 0.29) is 24.2 Å². The molecule has 2 aliphatic rings. The van der Waals surface area contributed by atoms with Gasteiger partial charge in [-0.2, -0.15) is 5.26 Å². The SMILES string of the molecule is CC(C(=O)NCc1ccc(C#N)cc1)N1CC2CN(CCc3ccc(F)c(F)c3)CC(C1)O2. The normalized spacial score (nSPS) is 21.9. The zero-order valence-corrected chi connectivity index (χ0v) is 18.6. The Morgan fingerprint density at radius 3 is 2.39 bits per heavy atom. The lowest BCUT2D eigenvalue weighted by Gasteiger charge is -2.47. The van der Waals surface area contributed by atoms with E-state index < -0.39 is 11.6 Å². The molecule has 0 radical (unpaired) electrons. The van der Waals surface area contributed by atoms with Crippen LogP contribution in [0.1, 0.15) is 23.6 Å². The summed E-state index contributed by atoms with van der Waals surface area (Å²) in [7, 11) is 0. The van der Waals surface area contributed by atoms with E-state index in [1.807, 2.05) is 19.1 Å². The van der Waals surface area contributed by atoms with E-state index in [9.17, 15) is 13.6 Å². The Morgan fingerprint density at radius 1 is 1.09 bits per heavy atom. The number of amides is 1. The lowest BCUT2D eigenvalue weighted by atomic mass is 10.1. The first-order valence-electron chi connectivity index (χ1n) is 11.2. The van der Waals surface area contributed by atoms with Crippen molar-refractivity contribution in [2.45, 2.75) is 38.1 Å². The Morgan fingerprint density at radius 2 is 1.76 bits per heavy atom. The molecule has 2 aliphatic heterocycles. The smallest absolute Gasteiger partial charge is 0.237 e. The predicted octanol–water partition coefficient (Wildman–Crippen LogP) is 2.47. The van der Waals surface area contributed by atoms with Gasteiger partial charge in [-0.15, -0.1) is 0 Å². The van der Waals surface area contributed by atoms with Crippen LogP contribution in [0.4, 0.5) is 8.78 Å². The summed E-state index contributed by atoms with van der Waals surface area (Å²) in [4.78, 5) is 17.2. The molecule has 2 saturated heterocycles. The summed E-state index contributed by atoms with van der Waals surface area (Å²) < 4.78 is 32.7. The van der Waals surface area contributed by atoms with Crippen molar-refractivity contribution in [3.63, 3.8) is 0 Å². The van der Waals surface area contributed by atoms with Gasteiger partial charge >= 0.3 is 0 Å². The number of nitriles is 1. The highest BCUT2D eigenvalue weighted by atomic mass is 19.2. The van der Waals surface area contributed by atoms with E-state index in [1.165, 1.54) is 12.1 Å². The number of halogens is 2. The Labute approximate surface area is 192 Å². The van der Waals surface area contributed by atoms with Crippen molar-refractivity contribution in [2.24, 2.45) is 0 Å². The van der Waals surface area contributed by atoms with Crippen molar-refractivity contribution >= 4 is 5.91 Å². The molecule has 2 bridgehead atoms. The minimum Gasteiger partial charge on any atom is -0.370 e. The van der Waals surface area contributed by atoms with E-state index in [0.29, 0.717) is 31.6 Å². The Hall–Kier alpha value is -2.86. The summed E-state index contributed by atoms with van der Waals surface area (Å²) in [6, 6.07) is 13.0. The van der Waals surface area contributed by atoms with Crippen LogP contribution in [0.3, 0.4) is 0 Å². The molecule has 0 spiro atoms. The average molecular weight is 455 g/mol. The maximum atomic E-state index is 13.4. The summed E-state index contributed by atoms with van der Waals surface area (Å²) in [5.74, 6) is -1.67. The minimum atomic E-state index is -0.824. The molecular formula is C25H28F2N4O2. The van der Waals surface area contributed by atoms with Gasteiger partial charge in [-0.3, -0.25) is 14.6 Å². The molecule has 0 saturated carbocycles. The molecule has 0 aromatic heterocycles. The number of benzene rings is 2. The molecule has 2 fully saturated rings. The molecule has 4 rings (SSSR count). The van der Waals surface area contributed by atoms with E-state index in [1.54, 1.807) is 18.2 Å². The first kappa shape index (κ1) is 23.3. The maximum absolute atomic E-state index is 13.4. The molecule has 174 valence electrons. The van der Waals surface area contributed by atoms with Gasteiger partial charge in [0.15, 0.2) is 11.6 Å². The molecular weight excluding hydrogens is 426 g/mol. The molecule has 8 heteroatoms. The van der Waals surface area contributed by atoms with Crippen LogP contribution in [0.5, 0.6) is 0 Å². The van der Waals surface area contributed by atoms with Gasteiger partial charge in [-0.05, 0) is 48.7 Å².